The third kappa shape index (κ3) is 3.59. The molecule has 0 unspecified atom stereocenters. The number of carbonyl (C=O) groups excluding carboxylic acids is 1. The van der Waals surface area contributed by atoms with Gasteiger partial charge in [0.25, 0.3) is 0 Å². The second-order valence-electron chi connectivity index (χ2n) is 7.38. The summed E-state index contributed by atoms with van der Waals surface area (Å²) in [5.74, 6) is -0.270. The zero-order valence-corrected chi connectivity index (χ0v) is 14.9. The number of nitrogens with zero attached hydrogens (tertiary/aromatic N) is 2. The lowest BCUT2D eigenvalue weighted by molar-refractivity contribution is -0.196. The van der Waals surface area contributed by atoms with E-state index >= 15 is 0 Å². The number of likely N-dealkylation sites (tertiary alicyclic amines) is 2. The Balaban J connectivity index is 1.59. The highest BCUT2D eigenvalue weighted by molar-refractivity contribution is 5.83. The molecular weight excluding hydrogens is 316 g/mol. The lowest BCUT2D eigenvalue weighted by atomic mass is 9.97. The van der Waals surface area contributed by atoms with E-state index < -0.39 is 5.79 Å². The Kier molecular flexibility index (Phi) is 5.06. The molecule has 0 N–H and O–H groups in total. The van der Waals surface area contributed by atoms with Crippen LogP contribution in [0.5, 0.6) is 0 Å². The summed E-state index contributed by atoms with van der Waals surface area (Å²) >= 11 is 0. The van der Waals surface area contributed by atoms with E-state index in [0.717, 1.165) is 50.9 Å². The van der Waals surface area contributed by atoms with Gasteiger partial charge in [-0.1, -0.05) is 30.3 Å². The molecule has 3 fully saturated rings. The van der Waals surface area contributed by atoms with Crippen LogP contribution in [0.25, 0.3) is 0 Å². The SMILES string of the molecule is O=C([C@H](c1ccccc1)N1CCCC2(C1)OCCO2)N1CCCCC1. The summed E-state index contributed by atoms with van der Waals surface area (Å²) in [6, 6.07) is 9.97. The normalized spacial score (nSPS) is 25.2. The minimum absolute atomic E-state index is 0.232. The van der Waals surface area contributed by atoms with E-state index in [2.05, 4.69) is 21.9 Å². The maximum absolute atomic E-state index is 13.4. The first-order valence-electron chi connectivity index (χ1n) is 9.63. The maximum atomic E-state index is 13.4. The number of hydrogen-bond donors (Lipinski definition) is 0. The van der Waals surface area contributed by atoms with Gasteiger partial charge in [-0.2, -0.15) is 0 Å². The molecule has 1 amide bonds. The average molecular weight is 344 g/mol. The molecule has 4 rings (SSSR count). The Labute approximate surface area is 149 Å². The summed E-state index contributed by atoms with van der Waals surface area (Å²) in [7, 11) is 0. The molecule has 0 radical (unpaired) electrons. The zero-order chi connectivity index (χ0) is 17.1. The van der Waals surface area contributed by atoms with Crippen molar-refractivity contribution in [1.82, 2.24) is 9.80 Å². The van der Waals surface area contributed by atoms with Crippen LogP contribution in [0.15, 0.2) is 30.3 Å². The molecule has 1 spiro atoms. The zero-order valence-electron chi connectivity index (χ0n) is 14.9. The van der Waals surface area contributed by atoms with Crippen LogP contribution in [0.3, 0.4) is 0 Å². The highest BCUT2D eigenvalue weighted by Gasteiger charge is 2.44. The van der Waals surface area contributed by atoms with Crippen LogP contribution in [-0.4, -0.2) is 60.9 Å². The predicted octanol–water partition coefficient (Wildman–Crippen LogP) is 2.58. The Morgan fingerprint density at radius 1 is 0.960 bits per heavy atom. The lowest BCUT2D eigenvalue weighted by Gasteiger charge is -2.43. The van der Waals surface area contributed by atoms with E-state index in [1.165, 1.54) is 6.42 Å². The van der Waals surface area contributed by atoms with Crippen LogP contribution in [0.1, 0.15) is 43.7 Å². The van der Waals surface area contributed by atoms with Crippen LogP contribution in [-0.2, 0) is 14.3 Å². The number of carbonyl (C=O) groups is 1. The summed E-state index contributed by atoms with van der Waals surface area (Å²) < 4.78 is 11.9. The standard InChI is InChI=1S/C20H28N2O3/c23-19(21-11-5-2-6-12-21)18(17-8-3-1-4-9-17)22-13-7-10-20(16-22)24-14-15-25-20/h1,3-4,8-9,18H,2,5-7,10-16H2/t18-/m0/s1. The number of benzene rings is 1. The topological polar surface area (TPSA) is 42.0 Å². The van der Waals surface area contributed by atoms with Gasteiger partial charge in [0.1, 0.15) is 6.04 Å². The molecule has 0 aliphatic carbocycles. The first-order chi connectivity index (χ1) is 12.3. The van der Waals surface area contributed by atoms with Gasteiger partial charge in [-0.15, -0.1) is 0 Å². The van der Waals surface area contributed by atoms with E-state index in [4.69, 9.17) is 9.47 Å². The van der Waals surface area contributed by atoms with Gasteiger partial charge in [-0.05, 0) is 37.8 Å². The van der Waals surface area contributed by atoms with Gasteiger partial charge in [0.15, 0.2) is 5.79 Å². The monoisotopic (exact) mass is 344 g/mol. The number of piperidine rings is 2. The van der Waals surface area contributed by atoms with Crippen molar-refractivity contribution >= 4 is 5.91 Å². The summed E-state index contributed by atoms with van der Waals surface area (Å²) in [5, 5.41) is 0. The summed E-state index contributed by atoms with van der Waals surface area (Å²) in [6.45, 7) is 4.66. The molecular formula is C20H28N2O3. The molecule has 5 nitrogen and oxygen atoms in total. The van der Waals surface area contributed by atoms with Gasteiger partial charge < -0.3 is 14.4 Å². The van der Waals surface area contributed by atoms with Crippen molar-refractivity contribution in [2.45, 2.75) is 43.9 Å². The van der Waals surface area contributed by atoms with Crippen molar-refractivity contribution in [3.63, 3.8) is 0 Å². The van der Waals surface area contributed by atoms with Gasteiger partial charge in [-0.25, -0.2) is 0 Å². The van der Waals surface area contributed by atoms with Crippen LogP contribution >= 0.6 is 0 Å². The van der Waals surface area contributed by atoms with Gasteiger partial charge in [0, 0.05) is 19.5 Å². The largest absolute Gasteiger partial charge is 0.346 e. The Morgan fingerprint density at radius 3 is 2.40 bits per heavy atom. The molecule has 1 aromatic rings. The molecule has 3 heterocycles. The van der Waals surface area contributed by atoms with Gasteiger partial charge in [0.2, 0.25) is 5.91 Å². The van der Waals surface area contributed by atoms with E-state index in [1.807, 2.05) is 18.2 Å². The Morgan fingerprint density at radius 2 is 1.68 bits per heavy atom. The molecule has 0 aromatic heterocycles. The van der Waals surface area contributed by atoms with Crippen molar-refractivity contribution in [2.24, 2.45) is 0 Å². The van der Waals surface area contributed by atoms with E-state index in [1.54, 1.807) is 0 Å². The lowest BCUT2D eigenvalue weighted by Crippen LogP contribution is -2.53. The molecule has 0 bridgehead atoms. The van der Waals surface area contributed by atoms with E-state index in [0.29, 0.717) is 19.8 Å². The van der Waals surface area contributed by atoms with Crippen molar-refractivity contribution in [3.8, 4) is 0 Å². The van der Waals surface area contributed by atoms with Crippen LogP contribution < -0.4 is 0 Å². The first-order valence-corrected chi connectivity index (χ1v) is 9.63. The number of rotatable bonds is 3. The van der Waals surface area contributed by atoms with Crippen molar-refractivity contribution < 1.29 is 14.3 Å². The van der Waals surface area contributed by atoms with Gasteiger partial charge in [-0.3, -0.25) is 9.69 Å². The highest BCUT2D eigenvalue weighted by Crippen LogP contribution is 2.35. The molecule has 25 heavy (non-hydrogen) atoms. The van der Waals surface area contributed by atoms with E-state index in [-0.39, 0.29) is 11.9 Å². The summed E-state index contributed by atoms with van der Waals surface area (Å²) in [6.07, 6.45) is 5.38. The minimum atomic E-state index is -0.506. The number of ether oxygens (including phenoxy) is 2. The van der Waals surface area contributed by atoms with Gasteiger partial charge >= 0.3 is 0 Å². The minimum Gasteiger partial charge on any atom is -0.346 e. The van der Waals surface area contributed by atoms with Gasteiger partial charge in [0.05, 0.1) is 19.8 Å². The van der Waals surface area contributed by atoms with Crippen LogP contribution in [0.4, 0.5) is 0 Å². The Bertz CT molecular complexity index is 580. The fourth-order valence-corrected chi connectivity index (χ4v) is 4.40. The molecule has 3 saturated heterocycles. The van der Waals surface area contributed by atoms with Crippen molar-refractivity contribution in [2.75, 3.05) is 39.4 Å². The number of amides is 1. The van der Waals surface area contributed by atoms with Crippen LogP contribution in [0.2, 0.25) is 0 Å². The predicted molar refractivity (Wildman–Crippen MR) is 95.1 cm³/mol. The molecule has 1 atom stereocenters. The highest BCUT2D eigenvalue weighted by atomic mass is 16.7. The average Bonchev–Trinajstić information content (AvgIpc) is 3.11. The second kappa shape index (κ2) is 7.44. The Hall–Kier alpha value is -1.43. The fraction of sp³-hybridized carbons (Fsp3) is 0.650. The van der Waals surface area contributed by atoms with Crippen molar-refractivity contribution in [1.29, 1.82) is 0 Å². The van der Waals surface area contributed by atoms with Crippen molar-refractivity contribution in [3.05, 3.63) is 35.9 Å². The number of hydrogen-bond acceptors (Lipinski definition) is 4. The van der Waals surface area contributed by atoms with Crippen LogP contribution in [0, 0.1) is 0 Å². The third-order valence-electron chi connectivity index (χ3n) is 5.64. The van der Waals surface area contributed by atoms with E-state index in [9.17, 15) is 4.79 Å². The molecule has 3 aliphatic heterocycles. The molecule has 3 aliphatic rings. The molecule has 136 valence electrons. The molecule has 1 aromatic carbocycles. The molecule has 5 heteroatoms. The quantitative estimate of drug-likeness (QED) is 0.845. The second-order valence-corrected chi connectivity index (χ2v) is 7.38. The fourth-order valence-electron chi connectivity index (χ4n) is 4.40. The summed E-state index contributed by atoms with van der Waals surface area (Å²) in [5.41, 5.74) is 1.08. The smallest absolute Gasteiger partial charge is 0.244 e. The summed E-state index contributed by atoms with van der Waals surface area (Å²) in [4.78, 5) is 17.7. The first kappa shape index (κ1) is 17.0. The molecule has 0 saturated carbocycles. The third-order valence-corrected chi connectivity index (χ3v) is 5.64. The maximum Gasteiger partial charge on any atom is 0.244 e.